The van der Waals surface area contributed by atoms with Gasteiger partial charge in [0.15, 0.2) is 5.69 Å². The number of aromatic nitrogens is 2. The van der Waals surface area contributed by atoms with Crippen LogP contribution in [0.15, 0.2) is 35.4 Å². The lowest BCUT2D eigenvalue weighted by molar-refractivity contribution is -0.141. The molecule has 5 nitrogen and oxygen atoms in total. The number of hydrogen-bond donors (Lipinski definition) is 1. The number of alkyl halides is 3. The number of ether oxygens (including phenoxy) is 1. The molecule has 0 aliphatic carbocycles. The van der Waals surface area contributed by atoms with Gasteiger partial charge in [0, 0.05) is 12.8 Å². The van der Waals surface area contributed by atoms with Crippen molar-refractivity contribution in [2.24, 2.45) is 7.05 Å². The summed E-state index contributed by atoms with van der Waals surface area (Å²) in [7, 11) is 1.40. The van der Waals surface area contributed by atoms with Crippen molar-refractivity contribution >= 4 is 23.4 Å². The van der Waals surface area contributed by atoms with E-state index >= 15 is 0 Å². The average molecular weight is 420 g/mol. The van der Waals surface area contributed by atoms with E-state index in [0.29, 0.717) is 10.1 Å². The maximum Gasteiger partial charge on any atom is 0.435 e. The molecule has 2 aromatic rings. The van der Waals surface area contributed by atoms with Crippen molar-refractivity contribution in [1.82, 2.24) is 15.3 Å². The number of hydrogen-bond acceptors (Lipinski definition) is 5. The predicted molar refractivity (Wildman–Crippen MR) is 97.4 cm³/mol. The zero-order chi connectivity index (χ0) is 19.8. The summed E-state index contributed by atoms with van der Waals surface area (Å²) in [5.74, 6) is 0.229. The normalized spacial score (nSPS) is 16.2. The Bertz CT molecular complexity index is 881. The van der Waals surface area contributed by atoms with Crippen LogP contribution in [0.5, 0.6) is 11.6 Å². The summed E-state index contributed by atoms with van der Waals surface area (Å²) < 4.78 is 47.1. The molecule has 0 fully saturated rings. The van der Waals surface area contributed by atoms with Gasteiger partial charge in [-0.1, -0.05) is 23.7 Å². The average Bonchev–Trinajstić information content (AvgIpc) is 3.07. The molecule has 0 bridgehead atoms. The van der Waals surface area contributed by atoms with E-state index in [1.165, 1.54) is 18.8 Å². The third-order valence-corrected chi connectivity index (χ3v) is 4.92. The second-order valence-electron chi connectivity index (χ2n) is 6.39. The molecular formula is C17H17ClF3N3O2S. The summed E-state index contributed by atoms with van der Waals surface area (Å²) in [6, 6.07) is 6.57. The highest BCUT2D eigenvalue weighted by Crippen LogP contribution is 2.41. The van der Waals surface area contributed by atoms with Gasteiger partial charge < -0.3 is 4.74 Å². The fraction of sp³-hybridized carbons (Fsp3) is 0.353. The van der Waals surface area contributed by atoms with E-state index in [2.05, 4.69) is 10.6 Å². The van der Waals surface area contributed by atoms with E-state index < -0.39 is 17.5 Å². The largest absolute Gasteiger partial charge is 0.437 e. The Balaban J connectivity index is 1.93. The molecule has 1 N–H and O–H groups in total. The number of para-hydroxylation sites is 1. The molecule has 0 radical (unpaired) electrons. The molecule has 1 aliphatic heterocycles. The fourth-order valence-corrected chi connectivity index (χ4v) is 3.65. The van der Waals surface area contributed by atoms with Crippen LogP contribution in [-0.2, 0) is 23.8 Å². The van der Waals surface area contributed by atoms with Gasteiger partial charge in [-0.15, -0.1) is 11.8 Å². The molecule has 0 saturated heterocycles. The van der Waals surface area contributed by atoms with E-state index in [1.54, 1.807) is 30.3 Å². The van der Waals surface area contributed by atoms with Crippen molar-refractivity contribution in [3.05, 3.63) is 51.7 Å². The van der Waals surface area contributed by atoms with Crippen LogP contribution in [0.1, 0.15) is 25.1 Å². The molecule has 146 valence electrons. The third-order valence-electron chi connectivity index (χ3n) is 3.67. The van der Waals surface area contributed by atoms with E-state index in [-0.39, 0.29) is 22.9 Å². The molecule has 0 atom stereocenters. The minimum Gasteiger partial charge on any atom is -0.437 e. The molecule has 3 rings (SSSR count). The fourth-order valence-electron chi connectivity index (χ4n) is 2.45. The third kappa shape index (κ3) is 4.53. The Labute approximate surface area is 163 Å². The molecular weight excluding hydrogens is 403 g/mol. The maximum atomic E-state index is 13.5. The van der Waals surface area contributed by atoms with Crippen LogP contribution in [0.2, 0.25) is 5.02 Å². The Morgan fingerprint density at radius 2 is 2.04 bits per heavy atom. The number of thioether (sulfide) groups is 1. The number of benzene rings is 1. The lowest BCUT2D eigenvalue weighted by Crippen LogP contribution is -2.20. The summed E-state index contributed by atoms with van der Waals surface area (Å²) >= 11 is 7.24. The van der Waals surface area contributed by atoms with Crippen molar-refractivity contribution in [3.8, 4) is 11.6 Å². The molecule has 1 aliphatic rings. The first-order valence-electron chi connectivity index (χ1n) is 7.92. The Kier molecular flexibility index (Phi) is 5.38. The first kappa shape index (κ1) is 19.9. The smallest absolute Gasteiger partial charge is 0.435 e. The Morgan fingerprint density at radius 1 is 1.33 bits per heavy atom. The second kappa shape index (κ2) is 7.29. The van der Waals surface area contributed by atoms with Crippen LogP contribution in [0.3, 0.4) is 0 Å². The standard InChI is InChI=1S/C17H17ClF3N3O2S/c1-16(2)8-13(23-26-16)27-9-10-14(17(19,20)21)22-24(3)15(10)25-12-7-5-4-6-11(12)18/h4-8,23H,9H2,1-3H3. The minimum atomic E-state index is -4.61. The first-order chi connectivity index (χ1) is 12.6. The van der Waals surface area contributed by atoms with Crippen LogP contribution in [-0.4, -0.2) is 15.4 Å². The van der Waals surface area contributed by atoms with E-state index in [0.717, 1.165) is 4.68 Å². The molecule has 10 heteroatoms. The zero-order valence-corrected chi connectivity index (χ0v) is 16.3. The molecule has 0 saturated carbocycles. The molecule has 1 aromatic carbocycles. The summed E-state index contributed by atoms with van der Waals surface area (Å²) in [5.41, 5.74) is 1.13. The molecule has 27 heavy (non-hydrogen) atoms. The SMILES string of the molecule is Cn1nc(C(F)(F)F)c(CSC2=CC(C)(C)ON2)c1Oc1ccccc1Cl. The summed E-state index contributed by atoms with van der Waals surface area (Å²) in [4.78, 5) is 5.33. The lowest BCUT2D eigenvalue weighted by Gasteiger charge is -2.12. The van der Waals surface area contributed by atoms with Crippen molar-refractivity contribution in [2.45, 2.75) is 31.4 Å². The highest BCUT2D eigenvalue weighted by Gasteiger charge is 2.40. The van der Waals surface area contributed by atoms with E-state index in [1.807, 2.05) is 13.8 Å². The van der Waals surface area contributed by atoms with Gasteiger partial charge >= 0.3 is 6.18 Å². The Hall–Kier alpha value is -1.84. The number of rotatable bonds is 5. The van der Waals surface area contributed by atoms with Crippen LogP contribution < -0.4 is 10.2 Å². The molecule has 0 unspecified atom stereocenters. The van der Waals surface area contributed by atoms with Crippen LogP contribution in [0.4, 0.5) is 13.2 Å². The topological polar surface area (TPSA) is 48.3 Å². The number of aryl methyl sites for hydroxylation is 1. The van der Waals surface area contributed by atoms with Gasteiger partial charge in [0.25, 0.3) is 0 Å². The maximum absolute atomic E-state index is 13.5. The minimum absolute atomic E-state index is 0.0123. The van der Waals surface area contributed by atoms with Gasteiger partial charge in [-0.2, -0.15) is 18.3 Å². The second-order valence-corrected chi connectivity index (χ2v) is 7.82. The van der Waals surface area contributed by atoms with Crippen LogP contribution >= 0.6 is 23.4 Å². The summed E-state index contributed by atoms with van der Waals surface area (Å²) in [5, 5.41) is 4.54. The van der Waals surface area contributed by atoms with Gasteiger partial charge in [0.05, 0.1) is 15.6 Å². The van der Waals surface area contributed by atoms with Gasteiger partial charge in [0.2, 0.25) is 5.88 Å². The molecule has 1 aromatic heterocycles. The highest BCUT2D eigenvalue weighted by atomic mass is 35.5. The van der Waals surface area contributed by atoms with Crippen molar-refractivity contribution < 1.29 is 22.7 Å². The predicted octanol–water partition coefficient (Wildman–Crippen LogP) is 5.27. The van der Waals surface area contributed by atoms with Gasteiger partial charge in [-0.05, 0) is 32.1 Å². The van der Waals surface area contributed by atoms with Crippen molar-refractivity contribution in [2.75, 3.05) is 0 Å². The zero-order valence-electron chi connectivity index (χ0n) is 14.7. The molecule has 0 amide bonds. The first-order valence-corrected chi connectivity index (χ1v) is 9.28. The number of nitrogens with zero attached hydrogens (tertiary/aromatic N) is 2. The number of halogens is 4. The van der Waals surface area contributed by atoms with Crippen molar-refractivity contribution in [1.29, 1.82) is 0 Å². The van der Waals surface area contributed by atoms with Gasteiger partial charge in [-0.25, -0.2) is 4.68 Å². The molecule has 0 spiro atoms. The summed E-state index contributed by atoms with van der Waals surface area (Å²) in [6.07, 6.45) is -2.81. The highest BCUT2D eigenvalue weighted by molar-refractivity contribution is 8.02. The van der Waals surface area contributed by atoms with E-state index in [9.17, 15) is 13.2 Å². The van der Waals surface area contributed by atoms with Crippen LogP contribution in [0.25, 0.3) is 0 Å². The number of hydroxylamine groups is 1. The number of nitrogens with one attached hydrogen (secondary N) is 1. The van der Waals surface area contributed by atoms with Crippen LogP contribution in [0, 0.1) is 0 Å². The monoisotopic (exact) mass is 419 g/mol. The quantitative estimate of drug-likeness (QED) is 0.715. The molecule has 2 heterocycles. The van der Waals surface area contributed by atoms with Gasteiger partial charge in [0.1, 0.15) is 11.4 Å². The summed E-state index contributed by atoms with van der Waals surface area (Å²) in [6.45, 7) is 3.68. The Morgan fingerprint density at radius 3 is 2.63 bits per heavy atom. The van der Waals surface area contributed by atoms with Gasteiger partial charge in [-0.3, -0.25) is 10.3 Å². The van der Waals surface area contributed by atoms with E-state index in [4.69, 9.17) is 21.2 Å². The van der Waals surface area contributed by atoms with Crippen molar-refractivity contribution in [3.63, 3.8) is 0 Å². The lowest BCUT2D eigenvalue weighted by atomic mass is 10.1.